The minimum Gasteiger partial charge on any atom is -0.358 e. The zero-order chi connectivity index (χ0) is 19.0. The number of rotatable bonds is 3. The molecule has 0 radical (unpaired) electrons. The van der Waals surface area contributed by atoms with Crippen molar-refractivity contribution in [2.75, 3.05) is 18.0 Å². The van der Waals surface area contributed by atoms with Gasteiger partial charge in [-0.25, -0.2) is 9.78 Å². The van der Waals surface area contributed by atoms with Crippen LogP contribution >= 0.6 is 0 Å². The molecule has 1 aromatic carbocycles. The van der Waals surface area contributed by atoms with Crippen LogP contribution in [0.3, 0.4) is 0 Å². The first kappa shape index (κ1) is 17.3. The molecule has 0 amide bonds. The molecular formula is C19H22N6O2. The Morgan fingerprint density at radius 3 is 2.44 bits per heavy atom. The first-order valence-electron chi connectivity index (χ1n) is 9.04. The Balaban J connectivity index is 1.50. The zero-order valence-electron chi connectivity index (χ0n) is 15.4. The Morgan fingerprint density at radius 2 is 1.74 bits per heavy atom. The van der Waals surface area contributed by atoms with Crippen molar-refractivity contribution in [2.45, 2.75) is 18.8 Å². The van der Waals surface area contributed by atoms with E-state index in [1.54, 1.807) is 7.05 Å². The molecule has 0 spiro atoms. The van der Waals surface area contributed by atoms with E-state index in [0.717, 1.165) is 41.9 Å². The largest absolute Gasteiger partial charge is 0.358 e. The first-order valence-corrected chi connectivity index (χ1v) is 9.04. The molecule has 0 atom stereocenters. The highest BCUT2D eigenvalue weighted by Gasteiger charge is 2.25. The number of anilines is 1. The summed E-state index contributed by atoms with van der Waals surface area (Å²) < 4.78 is 2.65. The fraction of sp³-hybridized carbons (Fsp3) is 0.368. The van der Waals surface area contributed by atoms with E-state index < -0.39 is 0 Å². The SMILES string of the molecule is Cn1c(N2CCC(c3nc(-c4ccccc4)n[nH]3)CC2)cc(=O)n(C)c1=O. The van der Waals surface area contributed by atoms with Crippen molar-refractivity contribution >= 4 is 5.82 Å². The summed E-state index contributed by atoms with van der Waals surface area (Å²) in [5, 5.41) is 7.42. The summed E-state index contributed by atoms with van der Waals surface area (Å²) in [6.45, 7) is 1.51. The lowest BCUT2D eigenvalue weighted by Gasteiger charge is -2.33. The molecule has 1 aliphatic rings. The maximum atomic E-state index is 12.2. The predicted molar refractivity (Wildman–Crippen MR) is 103 cm³/mol. The summed E-state index contributed by atoms with van der Waals surface area (Å²) >= 11 is 0. The molecule has 0 unspecified atom stereocenters. The van der Waals surface area contributed by atoms with E-state index in [1.807, 2.05) is 30.3 Å². The van der Waals surface area contributed by atoms with Gasteiger partial charge < -0.3 is 4.90 Å². The molecule has 27 heavy (non-hydrogen) atoms. The average Bonchev–Trinajstić information content (AvgIpc) is 3.20. The number of aromatic nitrogens is 5. The van der Waals surface area contributed by atoms with Crippen molar-refractivity contribution in [3.05, 3.63) is 63.1 Å². The summed E-state index contributed by atoms with van der Waals surface area (Å²) in [6.07, 6.45) is 1.76. The molecule has 140 valence electrons. The summed E-state index contributed by atoms with van der Waals surface area (Å²) in [6, 6.07) is 11.4. The molecule has 1 saturated heterocycles. The van der Waals surface area contributed by atoms with E-state index in [4.69, 9.17) is 0 Å². The molecule has 1 N–H and O–H groups in total. The molecule has 8 nitrogen and oxygen atoms in total. The second kappa shape index (κ2) is 6.86. The van der Waals surface area contributed by atoms with Gasteiger partial charge in [-0.2, -0.15) is 5.10 Å². The Hall–Kier alpha value is -3.16. The molecule has 0 saturated carbocycles. The van der Waals surface area contributed by atoms with Crippen LogP contribution in [0.4, 0.5) is 5.82 Å². The standard InChI is InChI=1S/C19H22N6O2/c1-23-15(12-16(26)24(2)19(23)27)25-10-8-14(9-11-25)18-20-17(21-22-18)13-6-4-3-5-7-13/h3-7,12,14H,8-11H2,1-2H3,(H,20,21,22). The topological polar surface area (TPSA) is 88.8 Å². The van der Waals surface area contributed by atoms with Crippen molar-refractivity contribution in [1.29, 1.82) is 0 Å². The summed E-state index contributed by atoms with van der Waals surface area (Å²) in [5.74, 6) is 2.56. The number of hydrogen-bond acceptors (Lipinski definition) is 5. The normalized spacial score (nSPS) is 15.3. The number of benzene rings is 1. The Kier molecular flexibility index (Phi) is 4.39. The van der Waals surface area contributed by atoms with Gasteiger partial charge in [-0.15, -0.1) is 0 Å². The van der Waals surface area contributed by atoms with Crippen molar-refractivity contribution in [3.63, 3.8) is 0 Å². The smallest absolute Gasteiger partial charge is 0.332 e. The minimum atomic E-state index is -0.303. The van der Waals surface area contributed by atoms with Crippen LogP contribution in [0.25, 0.3) is 11.4 Å². The molecule has 8 heteroatoms. The van der Waals surface area contributed by atoms with E-state index in [2.05, 4.69) is 20.1 Å². The van der Waals surface area contributed by atoms with Gasteiger partial charge in [0.05, 0.1) is 0 Å². The number of H-pyrrole nitrogens is 1. The number of nitrogens with zero attached hydrogens (tertiary/aromatic N) is 5. The summed E-state index contributed by atoms with van der Waals surface area (Å²) in [5.41, 5.74) is 0.410. The van der Waals surface area contributed by atoms with E-state index in [9.17, 15) is 9.59 Å². The van der Waals surface area contributed by atoms with Gasteiger partial charge in [0.2, 0.25) is 0 Å². The number of hydrogen-bond donors (Lipinski definition) is 1. The van der Waals surface area contributed by atoms with Crippen LogP contribution in [-0.4, -0.2) is 37.4 Å². The van der Waals surface area contributed by atoms with E-state index in [1.165, 1.54) is 17.7 Å². The highest BCUT2D eigenvalue weighted by atomic mass is 16.2. The number of piperidine rings is 1. The fourth-order valence-corrected chi connectivity index (χ4v) is 3.58. The fourth-order valence-electron chi connectivity index (χ4n) is 3.58. The van der Waals surface area contributed by atoms with Gasteiger partial charge in [0, 0.05) is 44.7 Å². The van der Waals surface area contributed by atoms with Crippen molar-refractivity contribution in [2.24, 2.45) is 14.1 Å². The minimum absolute atomic E-state index is 0.280. The Labute approximate surface area is 156 Å². The van der Waals surface area contributed by atoms with Crippen LogP contribution in [0.1, 0.15) is 24.6 Å². The van der Waals surface area contributed by atoms with Crippen LogP contribution in [0.15, 0.2) is 46.0 Å². The number of nitrogens with one attached hydrogen (secondary N) is 1. The molecule has 2 aromatic heterocycles. The van der Waals surface area contributed by atoms with E-state index in [-0.39, 0.29) is 17.2 Å². The van der Waals surface area contributed by atoms with Crippen LogP contribution in [-0.2, 0) is 14.1 Å². The quantitative estimate of drug-likeness (QED) is 0.754. The predicted octanol–water partition coefficient (Wildman–Crippen LogP) is 1.25. The van der Waals surface area contributed by atoms with Gasteiger partial charge in [-0.1, -0.05) is 30.3 Å². The molecule has 1 aliphatic heterocycles. The van der Waals surface area contributed by atoms with Gasteiger partial charge in [0.25, 0.3) is 5.56 Å². The van der Waals surface area contributed by atoms with Crippen LogP contribution in [0.5, 0.6) is 0 Å². The average molecular weight is 366 g/mol. The third-order valence-electron chi connectivity index (χ3n) is 5.24. The third-order valence-corrected chi connectivity index (χ3v) is 5.24. The van der Waals surface area contributed by atoms with Crippen LogP contribution in [0, 0.1) is 0 Å². The van der Waals surface area contributed by atoms with Gasteiger partial charge in [-0.3, -0.25) is 19.0 Å². The Morgan fingerprint density at radius 1 is 1.04 bits per heavy atom. The van der Waals surface area contributed by atoms with Crippen molar-refractivity contribution in [1.82, 2.24) is 24.3 Å². The maximum absolute atomic E-state index is 12.2. The first-order chi connectivity index (χ1) is 13.0. The van der Waals surface area contributed by atoms with Crippen LogP contribution in [0.2, 0.25) is 0 Å². The van der Waals surface area contributed by atoms with Crippen molar-refractivity contribution < 1.29 is 0 Å². The highest BCUT2D eigenvalue weighted by molar-refractivity contribution is 5.54. The molecular weight excluding hydrogens is 344 g/mol. The molecule has 0 bridgehead atoms. The van der Waals surface area contributed by atoms with E-state index in [0.29, 0.717) is 11.6 Å². The molecule has 4 rings (SSSR count). The number of aromatic amines is 1. The zero-order valence-corrected chi connectivity index (χ0v) is 15.4. The lowest BCUT2D eigenvalue weighted by molar-refractivity contribution is 0.478. The van der Waals surface area contributed by atoms with Gasteiger partial charge in [0.15, 0.2) is 5.82 Å². The van der Waals surface area contributed by atoms with E-state index >= 15 is 0 Å². The summed E-state index contributed by atoms with van der Waals surface area (Å²) in [4.78, 5) is 30.9. The maximum Gasteiger partial charge on any atom is 0.332 e. The lowest BCUT2D eigenvalue weighted by Crippen LogP contribution is -2.42. The van der Waals surface area contributed by atoms with Gasteiger partial charge in [-0.05, 0) is 12.8 Å². The third kappa shape index (κ3) is 3.18. The van der Waals surface area contributed by atoms with Crippen LogP contribution < -0.4 is 16.1 Å². The molecule has 3 heterocycles. The Bertz CT molecular complexity index is 1060. The molecule has 3 aromatic rings. The highest BCUT2D eigenvalue weighted by Crippen LogP contribution is 2.28. The molecule has 1 fully saturated rings. The summed E-state index contributed by atoms with van der Waals surface area (Å²) in [7, 11) is 3.20. The second-order valence-corrected chi connectivity index (χ2v) is 6.91. The van der Waals surface area contributed by atoms with Gasteiger partial charge in [0.1, 0.15) is 11.6 Å². The monoisotopic (exact) mass is 366 g/mol. The molecule has 0 aliphatic carbocycles. The van der Waals surface area contributed by atoms with Crippen molar-refractivity contribution in [3.8, 4) is 11.4 Å². The lowest BCUT2D eigenvalue weighted by atomic mass is 9.96. The van der Waals surface area contributed by atoms with Gasteiger partial charge >= 0.3 is 5.69 Å². The second-order valence-electron chi connectivity index (χ2n) is 6.91.